The Labute approximate surface area is 159 Å². The summed E-state index contributed by atoms with van der Waals surface area (Å²) in [4.78, 5) is 25.9. The van der Waals surface area contributed by atoms with Crippen LogP contribution in [-0.4, -0.2) is 48.6 Å². The first-order valence-corrected chi connectivity index (χ1v) is 12.2. The van der Waals surface area contributed by atoms with Crippen molar-refractivity contribution < 1.29 is 18.6 Å². The maximum Gasteiger partial charge on any atom is 0.330 e. The van der Waals surface area contributed by atoms with Gasteiger partial charge < -0.3 is 18.6 Å². The molecule has 0 radical (unpaired) electrons. The highest BCUT2D eigenvalue weighted by Gasteiger charge is 2.56. The minimum Gasteiger partial charge on any atom is -0.414 e. The Balaban J connectivity index is 1.84. The summed E-state index contributed by atoms with van der Waals surface area (Å²) in [6.07, 6.45) is -0.441. The van der Waals surface area contributed by atoms with E-state index in [4.69, 9.17) is 18.6 Å². The SMILES string of the molecule is CC1(C)OC2C(CO[Si](C)(C)C(C)(C)C)OC(n3ccc(=O)[nH]c3=O)C2O1. The van der Waals surface area contributed by atoms with Gasteiger partial charge in [-0.15, -0.1) is 0 Å². The van der Waals surface area contributed by atoms with Gasteiger partial charge in [0, 0.05) is 12.3 Å². The van der Waals surface area contributed by atoms with E-state index >= 15 is 0 Å². The lowest BCUT2D eigenvalue weighted by atomic mass is 10.1. The molecule has 0 spiro atoms. The zero-order chi connectivity index (χ0) is 20.2. The molecule has 1 N–H and O–H groups in total. The number of H-pyrrole nitrogens is 1. The minimum absolute atomic E-state index is 0.0760. The van der Waals surface area contributed by atoms with Crippen LogP contribution >= 0.6 is 0 Å². The first kappa shape index (κ1) is 20.5. The number of aromatic amines is 1. The van der Waals surface area contributed by atoms with Gasteiger partial charge in [0.15, 0.2) is 20.3 Å². The number of nitrogens with one attached hydrogen (secondary N) is 1. The van der Waals surface area contributed by atoms with Gasteiger partial charge in [0.1, 0.15) is 18.3 Å². The third kappa shape index (κ3) is 3.97. The van der Waals surface area contributed by atoms with Crippen molar-refractivity contribution in [3.8, 4) is 0 Å². The molecule has 152 valence electrons. The number of ether oxygens (including phenoxy) is 3. The minimum atomic E-state index is -1.96. The molecule has 2 saturated heterocycles. The highest BCUT2D eigenvalue weighted by atomic mass is 28.4. The quantitative estimate of drug-likeness (QED) is 0.780. The van der Waals surface area contributed by atoms with Crippen molar-refractivity contribution in [3.63, 3.8) is 0 Å². The summed E-state index contributed by atoms with van der Waals surface area (Å²) in [6.45, 7) is 14.9. The molecule has 0 amide bonds. The summed E-state index contributed by atoms with van der Waals surface area (Å²) in [5.41, 5.74) is -0.988. The summed E-state index contributed by atoms with van der Waals surface area (Å²) in [5.74, 6) is -0.779. The van der Waals surface area contributed by atoms with Crippen LogP contribution in [0.2, 0.25) is 18.1 Å². The Morgan fingerprint density at radius 3 is 2.44 bits per heavy atom. The van der Waals surface area contributed by atoms with Gasteiger partial charge in [-0.05, 0) is 32.0 Å². The fourth-order valence-electron chi connectivity index (χ4n) is 3.15. The molecule has 1 aromatic heterocycles. The van der Waals surface area contributed by atoms with Crippen LogP contribution in [0.3, 0.4) is 0 Å². The second-order valence-electron chi connectivity index (χ2n) is 9.22. The molecule has 8 nitrogen and oxygen atoms in total. The van der Waals surface area contributed by atoms with Crippen molar-refractivity contribution in [1.82, 2.24) is 9.55 Å². The molecule has 2 fully saturated rings. The molecule has 2 aliphatic heterocycles. The van der Waals surface area contributed by atoms with Crippen LogP contribution in [0.4, 0.5) is 0 Å². The van der Waals surface area contributed by atoms with Crippen LogP contribution in [0.1, 0.15) is 40.8 Å². The average molecular weight is 399 g/mol. The molecule has 0 aromatic carbocycles. The summed E-state index contributed by atoms with van der Waals surface area (Å²) < 4.78 is 25.9. The highest BCUT2D eigenvalue weighted by molar-refractivity contribution is 6.74. The number of aromatic nitrogens is 2. The predicted octanol–water partition coefficient (Wildman–Crippen LogP) is 1.98. The summed E-state index contributed by atoms with van der Waals surface area (Å²) in [7, 11) is -1.96. The van der Waals surface area contributed by atoms with E-state index in [1.165, 1.54) is 16.8 Å². The molecule has 0 bridgehead atoms. The summed E-state index contributed by atoms with van der Waals surface area (Å²) >= 11 is 0. The van der Waals surface area contributed by atoms with Crippen molar-refractivity contribution in [2.24, 2.45) is 0 Å². The molecule has 0 saturated carbocycles. The largest absolute Gasteiger partial charge is 0.414 e. The molecule has 1 aromatic rings. The van der Waals surface area contributed by atoms with Gasteiger partial charge in [-0.3, -0.25) is 14.3 Å². The Morgan fingerprint density at radius 2 is 1.85 bits per heavy atom. The van der Waals surface area contributed by atoms with Gasteiger partial charge in [-0.2, -0.15) is 0 Å². The van der Waals surface area contributed by atoms with E-state index in [1.807, 2.05) is 13.8 Å². The highest BCUT2D eigenvalue weighted by Crippen LogP contribution is 2.43. The lowest BCUT2D eigenvalue weighted by Gasteiger charge is -2.37. The number of fused-ring (bicyclic) bond motifs is 1. The van der Waals surface area contributed by atoms with Crippen molar-refractivity contribution in [1.29, 1.82) is 0 Å². The Bertz CT molecular complexity index is 809. The number of nitrogens with zero attached hydrogens (tertiary/aromatic N) is 1. The van der Waals surface area contributed by atoms with E-state index in [9.17, 15) is 9.59 Å². The van der Waals surface area contributed by atoms with Crippen LogP contribution in [0, 0.1) is 0 Å². The van der Waals surface area contributed by atoms with Crippen LogP contribution < -0.4 is 11.2 Å². The summed E-state index contributed by atoms with van der Waals surface area (Å²) in [6, 6.07) is 1.29. The molecular weight excluding hydrogens is 368 g/mol. The first-order chi connectivity index (χ1) is 12.3. The Hall–Kier alpha value is -1.26. The molecule has 4 atom stereocenters. The van der Waals surface area contributed by atoms with Gasteiger partial charge in [-0.1, -0.05) is 20.8 Å². The van der Waals surface area contributed by atoms with Crippen LogP contribution in [0.15, 0.2) is 21.9 Å². The zero-order valence-corrected chi connectivity index (χ0v) is 18.1. The zero-order valence-electron chi connectivity index (χ0n) is 17.1. The third-order valence-electron chi connectivity index (χ3n) is 5.67. The lowest BCUT2D eigenvalue weighted by Crippen LogP contribution is -2.44. The average Bonchev–Trinajstić information content (AvgIpc) is 2.98. The van der Waals surface area contributed by atoms with Crippen molar-refractivity contribution in [3.05, 3.63) is 33.1 Å². The summed E-state index contributed by atoms with van der Waals surface area (Å²) in [5, 5.41) is 0.0760. The second kappa shape index (κ2) is 6.66. The van der Waals surface area contributed by atoms with Crippen LogP contribution in [0.25, 0.3) is 0 Å². The predicted molar refractivity (Wildman–Crippen MR) is 102 cm³/mol. The second-order valence-corrected chi connectivity index (χ2v) is 14.0. The maximum atomic E-state index is 12.2. The molecule has 9 heteroatoms. The first-order valence-electron chi connectivity index (χ1n) is 9.27. The molecule has 27 heavy (non-hydrogen) atoms. The number of rotatable bonds is 4. The third-order valence-corrected chi connectivity index (χ3v) is 10.2. The van der Waals surface area contributed by atoms with Gasteiger partial charge in [0.05, 0.1) is 6.61 Å². The number of hydrogen-bond donors (Lipinski definition) is 1. The maximum absolute atomic E-state index is 12.2. The van der Waals surface area contributed by atoms with Gasteiger partial charge in [-0.25, -0.2) is 4.79 Å². The molecule has 4 unspecified atom stereocenters. The van der Waals surface area contributed by atoms with Gasteiger partial charge in [0.2, 0.25) is 0 Å². The van der Waals surface area contributed by atoms with E-state index < -0.39 is 37.7 Å². The van der Waals surface area contributed by atoms with Crippen LogP contribution in [-0.2, 0) is 18.6 Å². The van der Waals surface area contributed by atoms with Gasteiger partial charge in [0.25, 0.3) is 5.56 Å². The topological polar surface area (TPSA) is 91.8 Å². The monoisotopic (exact) mass is 398 g/mol. The van der Waals surface area contributed by atoms with Crippen molar-refractivity contribution >= 4 is 8.32 Å². The van der Waals surface area contributed by atoms with E-state index in [-0.39, 0.29) is 17.2 Å². The Morgan fingerprint density at radius 1 is 1.22 bits per heavy atom. The lowest BCUT2D eigenvalue weighted by molar-refractivity contribution is -0.200. The van der Waals surface area contributed by atoms with Crippen molar-refractivity contribution in [2.45, 2.75) is 83.1 Å². The van der Waals surface area contributed by atoms with Crippen molar-refractivity contribution in [2.75, 3.05) is 6.61 Å². The standard InChI is InChI=1S/C18H30N2O6Si/c1-17(2,3)27(6,7)23-10-11-13-14(26-18(4,5)25-13)15(24-11)20-9-8-12(21)19-16(20)22/h8-9,11,13-15H,10H2,1-7H3,(H,19,21,22). The van der Waals surface area contributed by atoms with Crippen LogP contribution in [0.5, 0.6) is 0 Å². The molecular formula is C18H30N2O6Si. The Kier molecular flexibility index (Phi) is 5.05. The molecule has 3 heterocycles. The molecule has 3 rings (SSSR count). The molecule has 2 aliphatic rings. The molecule has 0 aliphatic carbocycles. The van der Waals surface area contributed by atoms with E-state index in [0.29, 0.717) is 6.61 Å². The van der Waals surface area contributed by atoms with E-state index in [2.05, 4.69) is 38.8 Å². The normalized spacial score (nSPS) is 30.5. The fraction of sp³-hybridized carbons (Fsp3) is 0.778. The number of hydrogen-bond acceptors (Lipinski definition) is 6. The fourth-order valence-corrected chi connectivity index (χ4v) is 4.17. The van der Waals surface area contributed by atoms with E-state index in [0.717, 1.165) is 0 Å². The van der Waals surface area contributed by atoms with Gasteiger partial charge >= 0.3 is 5.69 Å². The smallest absolute Gasteiger partial charge is 0.330 e. The van der Waals surface area contributed by atoms with E-state index in [1.54, 1.807) is 0 Å².